The second kappa shape index (κ2) is 8.51. The van der Waals surface area contributed by atoms with E-state index in [1.807, 2.05) is 6.07 Å². The largest absolute Gasteiger partial charge is 0.352 e. The van der Waals surface area contributed by atoms with Crippen molar-refractivity contribution in [1.82, 2.24) is 19.6 Å². The van der Waals surface area contributed by atoms with Gasteiger partial charge in [0.05, 0.1) is 6.26 Å². The van der Waals surface area contributed by atoms with Crippen LogP contribution in [-0.4, -0.2) is 41.4 Å². The van der Waals surface area contributed by atoms with E-state index in [0.717, 1.165) is 17.4 Å². The lowest BCUT2D eigenvalue weighted by molar-refractivity contribution is -0.121. The van der Waals surface area contributed by atoms with E-state index in [2.05, 4.69) is 15.3 Å². The van der Waals surface area contributed by atoms with Crippen LogP contribution in [0.3, 0.4) is 0 Å². The van der Waals surface area contributed by atoms with Gasteiger partial charge in [0.25, 0.3) is 0 Å². The Bertz CT molecular complexity index is 751. The zero-order valence-electron chi connectivity index (χ0n) is 13.4. The van der Waals surface area contributed by atoms with Crippen molar-refractivity contribution in [2.24, 2.45) is 0 Å². The molecule has 0 bridgehead atoms. The topological polar surface area (TPSA) is 92.3 Å². The quantitative estimate of drug-likeness (QED) is 0.767. The van der Waals surface area contributed by atoms with Crippen LogP contribution in [0.5, 0.6) is 0 Å². The predicted molar refractivity (Wildman–Crippen MR) is 90.2 cm³/mol. The average Bonchev–Trinajstić information content (AvgIpc) is 2.57. The smallest absolute Gasteiger partial charge is 0.221 e. The van der Waals surface area contributed by atoms with Gasteiger partial charge in [0.2, 0.25) is 15.9 Å². The van der Waals surface area contributed by atoms with E-state index in [1.165, 1.54) is 4.31 Å². The van der Waals surface area contributed by atoms with E-state index >= 15 is 0 Å². The van der Waals surface area contributed by atoms with E-state index in [0.29, 0.717) is 6.54 Å². The number of aromatic nitrogens is 2. The summed E-state index contributed by atoms with van der Waals surface area (Å²) < 4.78 is 25.1. The molecule has 24 heavy (non-hydrogen) atoms. The van der Waals surface area contributed by atoms with Gasteiger partial charge in [-0.3, -0.25) is 14.8 Å². The van der Waals surface area contributed by atoms with E-state index in [1.54, 1.807) is 43.0 Å². The van der Waals surface area contributed by atoms with Crippen molar-refractivity contribution in [1.29, 1.82) is 0 Å². The Hall–Kier alpha value is -2.32. The maximum absolute atomic E-state index is 11.9. The van der Waals surface area contributed by atoms with Crippen molar-refractivity contribution >= 4 is 15.9 Å². The molecular formula is C16H20N4O3S. The minimum Gasteiger partial charge on any atom is -0.352 e. The highest BCUT2D eigenvalue weighted by molar-refractivity contribution is 7.88. The molecule has 0 aliphatic rings. The Morgan fingerprint density at radius 1 is 1.12 bits per heavy atom. The third-order valence-electron chi connectivity index (χ3n) is 3.38. The lowest BCUT2D eigenvalue weighted by Crippen LogP contribution is -2.34. The molecule has 2 aromatic heterocycles. The summed E-state index contributed by atoms with van der Waals surface area (Å²) in [6, 6.07) is 7.16. The SMILES string of the molecule is CS(=O)(=O)N(CCC(=O)NCc1cccnc1)Cc1ccncc1. The molecule has 0 saturated heterocycles. The van der Waals surface area contributed by atoms with Gasteiger partial charge in [-0.1, -0.05) is 6.07 Å². The number of carbonyl (C=O) groups is 1. The first-order valence-corrected chi connectivity index (χ1v) is 9.29. The van der Waals surface area contributed by atoms with Crippen LogP contribution in [0.4, 0.5) is 0 Å². The minimum atomic E-state index is -3.40. The Morgan fingerprint density at radius 2 is 1.88 bits per heavy atom. The van der Waals surface area contributed by atoms with Gasteiger partial charge in [0.1, 0.15) is 0 Å². The first kappa shape index (κ1) is 18.0. The molecule has 2 rings (SSSR count). The van der Waals surface area contributed by atoms with Crippen molar-refractivity contribution in [3.63, 3.8) is 0 Å². The molecule has 0 radical (unpaired) electrons. The molecule has 0 aliphatic carbocycles. The number of sulfonamides is 1. The summed E-state index contributed by atoms with van der Waals surface area (Å²) in [6.07, 6.45) is 7.79. The van der Waals surface area contributed by atoms with E-state index in [4.69, 9.17) is 0 Å². The molecule has 1 N–H and O–H groups in total. The van der Waals surface area contributed by atoms with E-state index < -0.39 is 10.0 Å². The number of hydrogen-bond acceptors (Lipinski definition) is 5. The molecule has 0 aromatic carbocycles. The molecule has 8 heteroatoms. The monoisotopic (exact) mass is 348 g/mol. The summed E-state index contributed by atoms with van der Waals surface area (Å²) in [6.45, 7) is 0.715. The van der Waals surface area contributed by atoms with Crippen LogP contribution in [0.15, 0.2) is 49.1 Å². The summed E-state index contributed by atoms with van der Waals surface area (Å²) in [5.41, 5.74) is 1.72. The van der Waals surface area contributed by atoms with Crippen LogP contribution in [0, 0.1) is 0 Å². The van der Waals surface area contributed by atoms with E-state index in [-0.39, 0.29) is 25.4 Å². The molecule has 0 atom stereocenters. The highest BCUT2D eigenvalue weighted by Gasteiger charge is 2.18. The summed E-state index contributed by atoms with van der Waals surface area (Å²) in [5, 5.41) is 2.76. The summed E-state index contributed by atoms with van der Waals surface area (Å²) in [5.74, 6) is -0.206. The van der Waals surface area contributed by atoms with Gasteiger partial charge in [-0.25, -0.2) is 8.42 Å². The van der Waals surface area contributed by atoms with Crippen molar-refractivity contribution in [2.75, 3.05) is 12.8 Å². The molecule has 0 fully saturated rings. The third kappa shape index (κ3) is 6.05. The van der Waals surface area contributed by atoms with Crippen LogP contribution >= 0.6 is 0 Å². The highest BCUT2D eigenvalue weighted by atomic mass is 32.2. The standard InChI is InChI=1S/C16H20N4O3S/c1-24(22,23)20(13-14-4-8-17-9-5-14)10-6-16(21)19-12-15-3-2-7-18-11-15/h2-5,7-9,11H,6,10,12-13H2,1H3,(H,19,21). The number of carbonyl (C=O) groups excluding carboxylic acids is 1. The molecule has 7 nitrogen and oxygen atoms in total. The Labute approximate surface area is 141 Å². The molecule has 2 aromatic rings. The van der Waals surface area contributed by atoms with Gasteiger partial charge in [-0.05, 0) is 29.3 Å². The number of amides is 1. The number of pyridine rings is 2. The van der Waals surface area contributed by atoms with Crippen molar-refractivity contribution in [2.45, 2.75) is 19.5 Å². The van der Waals surface area contributed by atoms with Crippen LogP contribution in [-0.2, 0) is 27.9 Å². The lowest BCUT2D eigenvalue weighted by atomic mass is 10.2. The summed E-state index contributed by atoms with van der Waals surface area (Å²) >= 11 is 0. The fraction of sp³-hybridized carbons (Fsp3) is 0.312. The van der Waals surface area contributed by atoms with Crippen LogP contribution in [0.25, 0.3) is 0 Å². The Balaban J connectivity index is 1.87. The Morgan fingerprint density at radius 3 is 2.50 bits per heavy atom. The number of nitrogens with zero attached hydrogens (tertiary/aromatic N) is 3. The van der Waals surface area contributed by atoms with Gasteiger partial charge in [0, 0.05) is 50.8 Å². The first-order valence-electron chi connectivity index (χ1n) is 7.45. The van der Waals surface area contributed by atoms with Gasteiger partial charge in [0.15, 0.2) is 0 Å². The van der Waals surface area contributed by atoms with Gasteiger partial charge < -0.3 is 5.32 Å². The molecule has 128 valence electrons. The predicted octanol–water partition coefficient (Wildman–Crippen LogP) is 0.945. The molecule has 1 amide bonds. The van der Waals surface area contributed by atoms with E-state index in [9.17, 15) is 13.2 Å². The summed E-state index contributed by atoms with van der Waals surface area (Å²) in [4.78, 5) is 19.8. The highest BCUT2D eigenvalue weighted by Crippen LogP contribution is 2.08. The number of nitrogens with one attached hydrogen (secondary N) is 1. The zero-order valence-corrected chi connectivity index (χ0v) is 14.2. The molecule has 2 heterocycles. The van der Waals surface area contributed by atoms with Gasteiger partial charge in [-0.15, -0.1) is 0 Å². The number of hydrogen-bond donors (Lipinski definition) is 1. The molecule has 0 saturated carbocycles. The molecule has 0 unspecified atom stereocenters. The normalized spacial score (nSPS) is 11.4. The van der Waals surface area contributed by atoms with Crippen molar-refractivity contribution in [3.05, 3.63) is 60.2 Å². The molecule has 0 spiro atoms. The van der Waals surface area contributed by atoms with Gasteiger partial charge in [-0.2, -0.15) is 4.31 Å². The molecular weight excluding hydrogens is 328 g/mol. The van der Waals surface area contributed by atoms with Crippen LogP contribution in [0.1, 0.15) is 17.5 Å². The second-order valence-corrected chi connectivity index (χ2v) is 7.32. The fourth-order valence-corrected chi connectivity index (χ4v) is 2.88. The minimum absolute atomic E-state index is 0.0957. The molecule has 0 aliphatic heterocycles. The van der Waals surface area contributed by atoms with Crippen molar-refractivity contribution < 1.29 is 13.2 Å². The maximum Gasteiger partial charge on any atom is 0.221 e. The third-order valence-corrected chi connectivity index (χ3v) is 4.63. The summed E-state index contributed by atoms with van der Waals surface area (Å²) in [7, 11) is -3.40. The average molecular weight is 348 g/mol. The maximum atomic E-state index is 11.9. The first-order chi connectivity index (χ1) is 11.4. The number of rotatable bonds is 8. The van der Waals surface area contributed by atoms with Crippen LogP contribution < -0.4 is 5.32 Å². The Kier molecular flexibility index (Phi) is 6.39. The lowest BCUT2D eigenvalue weighted by Gasteiger charge is -2.19. The zero-order chi connectivity index (χ0) is 17.4. The van der Waals surface area contributed by atoms with Crippen LogP contribution in [0.2, 0.25) is 0 Å². The fourth-order valence-electron chi connectivity index (χ4n) is 2.07. The second-order valence-electron chi connectivity index (χ2n) is 5.34. The van der Waals surface area contributed by atoms with Gasteiger partial charge >= 0.3 is 0 Å². The van der Waals surface area contributed by atoms with Crippen molar-refractivity contribution in [3.8, 4) is 0 Å².